The first-order chi connectivity index (χ1) is 13.1. The van der Waals surface area contributed by atoms with E-state index >= 15 is 0 Å². The van der Waals surface area contributed by atoms with Crippen LogP contribution >= 0.6 is 11.6 Å². The molecule has 5 heteroatoms. The van der Waals surface area contributed by atoms with Crippen LogP contribution in [0.15, 0.2) is 66.7 Å². The fourth-order valence-corrected chi connectivity index (χ4v) is 3.32. The van der Waals surface area contributed by atoms with Gasteiger partial charge < -0.3 is 9.30 Å². The number of ether oxygens (including phenoxy) is 1. The van der Waals surface area contributed by atoms with Gasteiger partial charge in [-0.1, -0.05) is 48.5 Å². The topological polar surface area (TPSA) is 27.1 Å². The van der Waals surface area contributed by atoms with Crippen molar-refractivity contribution in [3.05, 3.63) is 94.5 Å². The Labute approximate surface area is 162 Å². The van der Waals surface area contributed by atoms with Crippen molar-refractivity contribution in [1.82, 2.24) is 9.55 Å². The lowest BCUT2D eigenvalue weighted by Gasteiger charge is -2.09. The number of fused-ring (bicyclic) bond motifs is 1. The van der Waals surface area contributed by atoms with Crippen molar-refractivity contribution in [2.75, 3.05) is 0 Å². The molecule has 4 rings (SSSR count). The van der Waals surface area contributed by atoms with Crippen LogP contribution in [0.4, 0.5) is 4.39 Å². The summed E-state index contributed by atoms with van der Waals surface area (Å²) in [7, 11) is 0. The Morgan fingerprint density at radius 3 is 2.59 bits per heavy atom. The number of hydrogen-bond donors (Lipinski definition) is 0. The molecule has 0 amide bonds. The highest BCUT2D eigenvalue weighted by Gasteiger charge is 2.14. The SMILES string of the molecule is Cc1cc(Cn2c(Cl)nc3c(OCc4ccccc4)cccc32)ccc1F. The van der Waals surface area contributed by atoms with Crippen molar-refractivity contribution >= 4 is 22.6 Å². The highest BCUT2D eigenvalue weighted by Crippen LogP contribution is 2.29. The number of para-hydroxylation sites is 1. The molecule has 27 heavy (non-hydrogen) atoms. The number of nitrogens with zero attached hydrogens (tertiary/aromatic N) is 2. The highest BCUT2D eigenvalue weighted by atomic mass is 35.5. The lowest BCUT2D eigenvalue weighted by Crippen LogP contribution is -2.01. The Bertz CT molecular complexity index is 1090. The molecular weight excluding hydrogens is 363 g/mol. The number of benzene rings is 3. The molecule has 3 aromatic carbocycles. The Morgan fingerprint density at radius 1 is 1.00 bits per heavy atom. The first-order valence-corrected chi connectivity index (χ1v) is 9.06. The third-order valence-corrected chi connectivity index (χ3v) is 4.78. The molecule has 0 aliphatic carbocycles. The number of hydrogen-bond acceptors (Lipinski definition) is 2. The second kappa shape index (κ2) is 7.41. The van der Waals surface area contributed by atoms with Crippen LogP contribution in [-0.4, -0.2) is 9.55 Å². The number of rotatable bonds is 5. The molecular formula is C22H18ClFN2O. The zero-order valence-corrected chi connectivity index (χ0v) is 15.6. The molecule has 0 saturated heterocycles. The van der Waals surface area contributed by atoms with Crippen molar-refractivity contribution in [2.24, 2.45) is 0 Å². The third kappa shape index (κ3) is 3.67. The van der Waals surface area contributed by atoms with Gasteiger partial charge in [-0.25, -0.2) is 9.37 Å². The minimum atomic E-state index is -0.211. The van der Waals surface area contributed by atoms with Crippen LogP contribution in [0.25, 0.3) is 11.0 Å². The predicted molar refractivity (Wildman–Crippen MR) is 106 cm³/mol. The average molecular weight is 381 g/mol. The van der Waals surface area contributed by atoms with Crippen LogP contribution in [0.2, 0.25) is 5.28 Å². The van der Waals surface area contributed by atoms with Gasteiger partial charge in [0.05, 0.1) is 12.1 Å². The molecule has 0 N–H and O–H groups in total. The summed E-state index contributed by atoms with van der Waals surface area (Å²) in [6.07, 6.45) is 0. The van der Waals surface area contributed by atoms with Gasteiger partial charge in [-0.2, -0.15) is 0 Å². The predicted octanol–water partition coefficient (Wildman–Crippen LogP) is 5.76. The normalized spacial score (nSPS) is 11.1. The van der Waals surface area contributed by atoms with Crippen LogP contribution in [0.1, 0.15) is 16.7 Å². The van der Waals surface area contributed by atoms with Crippen LogP contribution in [0.5, 0.6) is 5.75 Å². The molecule has 0 radical (unpaired) electrons. The van der Waals surface area contributed by atoms with Crippen molar-refractivity contribution in [3.63, 3.8) is 0 Å². The van der Waals surface area contributed by atoms with E-state index in [4.69, 9.17) is 16.3 Å². The summed E-state index contributed by atoms with van der Waals surface area (Å²) in [5, 5.41) is 0.378. The zero-order chi connectivity index (χ0) is 18.8. The standard InChI is InChI=1S/C22H18ClFN2O/c1-15-12-17(10-11-18(15)24)13-26-19-8-5-9-20(21(19)25-22(26)23)27-14-16-6-3-2-4-7-16/h2-12H,13-14H2,1H3. The Morgan fingerprint density at radius 2 is 1.81 bits per heavy atom. The van der Waals surface area contributed by atoms with Crippen molar-refractivity contribution in [2.45, 2.75) is 20.1 Å². The first kappa shape index (κ1) is 17.6. The van der Waals surface area contributed by atoms with Crippen LogP contribution < -0.4 is 4.74 Å². The van der Waals surface area contributed by atoms with E-state index in [0.717, 1.165) is 22.2 Å². The summed E-state index contributed by atoms with van der Waals surface area (Å²) in [5.74, 6) is 0.476. The lowest BCUT2D eigenvalue weighted by molar-refractivity contribution is 0.309. The highest BCUT2D eigenvalue weighted by molar-refractivity contribution is 6.29. The summed E-state index contributed by atoms with van der Waals surface area (Å²) in [6, 6.07) is 20.8. The second-order valence-corrected chi connectivity index (χ2v) is 6.79. The Balaban J connectivity index is 1.64. The fourth-order valence-electron chi connectivity index (χ4n) is 3.08. The van der Waals surface area contributed by atoms with E-state index in [0.29, 0.717) is 29.7 Å². The van der Waals surface area contributed by atoms with Gasteiger partial charge in [0.2, 0.25) is 5.28 Å². The molecule has 1 heterocycles. The van der Waals surface area contributed by atoms with E-state index in [9.17, 15) is 4.39 Å². The van der Waals surface area contributed by atoms with Gasteiger partial charge >= 0.3 is 0 Å². The molecule has 0 aliphatic heterocycles. The van der Waals surface area contributed by atoms with Gasteiger partial charge in [-0.3, -0.25) is 0 Å². The van der Waals surface area contributed by atoms with E-state index in [-0.39, 0.29) is 5.82 Å². The summed E-state index contributed by atoms with van der Waals surface area (Å²) < 4.78 is 21.4. The van der Waals surface area contributed by atoms with E-state index < -0.39 is 0 Å². The molecule has 0 aliphatic rings. The number of aromatic nitrogens is 2. The Kier molecular flexibility index (Phi) is 4.82. The van der Waals surface area contributed by atoms with Gasteiger partial charge in [0.1, 0.15) is 23.7 Å². The maximum absolute atomic E-state index is 13.5. The van der Waals surface area contributed by atoms with E-state index in [1.54, 1.807) is 13.0 Å². The fraction of sp³-hybridized carbons (Fsp3) is 0.136. The Hall–Kier alpha value is -2.85. The largest absolute Gasteiger partial charge is 0.487 e. The molecule has 0 atom stereocenters. The lowest BCUT2D eigenvalue weighted by atomic mass is 10.1. The van der Waals surface area contributed by atoms with Crippen LogP contribution in [0, 0.1) is 12.7 Å². The number of aryl methyl sites for hydroxylation is 1. The summed E-state index contributed by atoms with van der Waals surface area (Å²) >= 11 is 6.40. The monoisotopic (exact) mass is 380 g/mol. The van der Waals surface area contributed by atoms with Gasteiger partial charge in [0, 0.05) is 0 Å². The zero-order valence-electron chi connectivity index (χ0n) is 14.8. The average Bonchev–Trinajstić information content (AvgIpc) is 3.00. The van der Waals surface area contributed by atoms with E-state index in [1.165, 1.54) is 6.07 Å². The molecule has 0 spiro atoms. The maximum atomic E-state index is 13.5. The minimum absolute atomic E-state index is 0.211. The van der Waals surface area contributed by atoms with Crippen LogP contribution in [0.3, 0.4) is 0 Å². The summed E-state index contributed by atoms with van der Waals surface area (Å²) in [5.41, 5.74) is 4.26. The van der Waals surface area contributed by atoms with Crippen molar-refractivity contribution < 1.29 is 9.13 Å². The third-order valence-electron chi connectivity index (χ3n) is 4.50. The minimum Gasteiger partial charge on any atom is -0.487 e. The molecule has 0 unspecified atom stereocenters. The second-order valence-electron chi connectivity index (χ2n) is 6.45. The van der Waals surface area contributed by atoms with Crippen molar-refractivity contribution in [1.29, 1.82) is 0 Å². The van der Waals surface area contributed by atoms with Gasteiger partial charge in [0.25, 0.3) is 0 Å². The van der Waals surface area contributed by atoms with E-state index in [2.05, 4.69) is 4.98 Å². The summed E-state index contributed by atoms with van der Waals surface area (Å²) in [4.78, 5) is 4.49. The molecule has 3 nitrogen and oxygen atoms in total. The smallest absolute Gasteiger partial charge is 0.204 e. The quantitative estimate of drug-likeness (QED) is 0.440. The van der Waals surface area contributed by atoms with Gasteiger partial charge in [0.15, 0.2) is 0 Å². The van der Waals surface area contributed by atoms with Gasteiger partial charge in [-0.15, -0.1) is 0 Å². The van der Waals surface area contributed by atoms with Gasteiger partial charge in [-0.05, 0) is 53.4 Å². The number of halogens is 2. The van der Waals surface area contributed by atoms with Crippen molar-refractivity contribution in [3.8, 4) is 5.75 Å². The molecule has 4 aromatic rings. The first-order valence-electron chi connectivity index (χ1n) is 8.68. The molecule has 136 valence electrons. The summed E-state index contributed by atoms with van der Waals surface area (Å²) in [6.45, 7) is 2.72. The maximum Gasteiger partial charge on any atom is 0.204 e. The van der Waals surface area contributed by atoms with E-state index in [1.807, 2.05) is 59.2 Å². The molecule has 0 fully saturated rings. The molecule has 0 bridgehead atoms. The molecule has 0 saturated carbocycles. The molecule has 1 aromatic heterocycles. The number of imidazole rings is 1. The van der Waals surface area contributed by atoms with Crippen LogP contribution in [-0.2, 0) is 13.2 Å².